The number of nitrogens with zero attached hydrogens (tertiary/aromatic N) is 4. The topological polar surface area (TPSA) is 92.4 Å². The summed E-state index contributed by atoms with van der Waals surface area (Å²) < 4.78 is 18.9. The van der Waals surface area contributed by atoms with E-state index in [-0.39, 0.29) is 5.82 Å². The Morgan fingerprint density at radius 1 is 1.03 bits per heavy atom. The number of rotatable bonds is 4. The summed E-state index contributed by atoms with van der Waals surface area (Å²) in [5, 5.41) is 7.36. The van der Waals surface area contributed by atoms with E-state index in [4.69, 9.17) is 4.74 Å². The Labute approximate surface area is 164 Å². The van der Waals surface area contributed by atoms with E-state index in [1.165, 1.54) is 12.1 Å². The molecule has 2 N–H and O–H groups in total. The lowest BCUT2D eigenvalue weighted by Gasteiger charge is -2.01. The normalized spacial score (nSPS) is 11.1. The number of H-pyrrole nitrogens is 2. The third-order valence-corrected chi connectivity index (χ3v) is 4.58. The number of pyridine rings is 2. The van der Waals surface area contributed by atoms with Gasteiger partial charge in [0, 0.05) is 23.5 Å². The number of imidazole rings is 1. The first kappa shape index (κ1) is 17.1. The Morgan fingerprint density at radius 2 is 1.97 bits per heavy atom. The molecule has 0 atom stereocenters. The van der Waals surface area contributed by atoms with Crippen molar-refractivity contribution in [1.82, 2.24) is 30.1 Å². The van der Waals surface area contributed by atoms with E-state index in [0.717, 1.165) is 16.8 Å². The number of hydrogen-bond acceptors (Lipinski definition) is 5. The van der Waals surface area contributed by atoms with Gasteiger partial charge >= 0.3 is 0 Å². The summed E-state index contributed by atoms with van der Waals surface area (Å²) in [7, 11) is 1.60. The Balaban J connectivity index is 1.57. The molecule has 4 aromatic heterocycles. The molecule has 7 nitrogen and oxygen atoms in total. The SMILES string of the molecule is COc1cncc(-c2cc(-c3nc4c(-c5cccc(F)c5)nccc4[nH]3)n[nH]2)c1. The van der Waals surface area contributed by atoms with Crippen LogP contribution in [-0.2, 0) is 0 Å². The number of nitrogens with one attached hydrogen (secondary N) is 2. The van der Waals surface area contributed by atoms with Crippen molar-refractivity contribution in [1.29, 1.82) is 0 Å². The molecule has 0 unspecified atom stereocenters. The van der Waals surface area contributed by atoms with E-state index in [9.17, 15) is 4.39 Å². The molecule has 4 heterocycles. The molecule has 142 valence electrons. The molecule has 29 heavy (non-hydrogen) atoms. The molecule has 0 fully saturated rings. The average Bonchev–Trinajstić information content (AvgIpc) is 3.40. The molecule has 5 aromatic rings. The van der Waals surface area contributed by atoms with Crippen LogP contribution in [0.4, 0.5) is 4.39 Å². The van der Waals surface area contributed by atoms with Crippen LogP contribution in [0.25, 0.3) is 45.1 Å². The molecule has 0 saturated carbocycles. The number of hydrogen-bond donors (Lipinski definition) is 2. The first-order chi connectivity index (χ1) is 14.2. The fourth-order valence-electron chi connectivity index (χ4n) is 3.17. The largest absolute Gasteiger partial charge is 0.495 e. The van der Waals surface area contributed by atoms with E-state index in [1.807, 2.05) is 24.3 Å². The van der Waals surface area contributed by atoms with Gasteiger partial charge in [0.05, 0.1) is 30.2 Å². The highest BCUT2D eigenvalue weighted by Crippen LogP contribution is 2.29. The number of benzene rings is 1. The molecule has 0 saturated heterocycles. The lowest BCUT2D eigenvalue weighted by atomic mass is 10.1. The first-order valence-electron chi connectivity index (χ1n) is 8.87. The first-order valence-corrected chi connectivity index (χ1v) is 8.87. The summed E-state index contributed by atoms with van der Waals surface area (Å²) >= 11 is 0. The number of aromatic amines is 2. The van der Waals surface area contributed by atoms with Crippen LogP contribution in [-0.4, -0.2) is 37.2 Å². The summed E-state index contributed by atoms with van der Waals surface area (Å²) in [6, 6.07) is 11.9. The zero-order valence-electron chi connectivity index (χ0n) is 15.3. The minimum absolute atomic E-state index is 0.319. The van der Waals surface area contributed by atoms with E-state index in [0.29, 0.717) is 34.0 Å². The highest BCUT2D eigenvalue weighted by molar-refractivity contribution is 5.91. The Hall–Kier alpha value is -4.07. The van der Waals surface area contributed by atoms with Crippen molar-refractivity contribution in [2.24, 2.45) is 0 Å². The molecule has 0 aliphatic heterocycles. The maximum atomic E-state index is 13.7. The summed E-state index contributed by atoms with van der Waals surface area (Å²) in [5.41, 5.74) is 5.00. The van der Waals surface area contributed by atoms with Crippen LogP contribution in [0.3, 0.4) is 0 Å². The highest BCUT2D eigenvalue weighted by Gasteiger charge is 2.15. The lowest BCUT2D eigenvalue weighted by Crippen LogP contribution is -1.86. The number of aromatic nitrogens is 6. The molecule has 0 amide bonds. The van der Waals surface area contributed by atoms with E-state index in [2.05, 4.69) is 30.1 Å². The van der Waals surface area contributed by atoms with Crippen LogP contribution >= 0.6 is 0 Å². The molecule has 0 aliphatic carbocycles. The van der Waals surface area contributed by atoms with Crippen LogP contribution in [0.1, 0.15) is 0 Å². The van der Waals surface area contributed by atoms with E-state index >= 15 is 0 Å². The van der Waals surface area contributed by atoms with Crippen molar-refractivity contribution < 1.29 is 9.13 Å². The average molecular weight is 386 g/mol. The van der Waals surface area contributed by atoms with Gasteiger partial charge in [-0.1, -0.05) is 12.1 Å². The summed E-state index contributed by atoms with van der Waals surface area (Å²) in [5.74, 6) is 0.929. The fraction of sp³-hybridized carbons (Fsp3) is 0.0476. The lowest BCUT2D eigenvalue weighted by molar-refractivity contribution is 0.413. The van der Waals surface area contributed by atoms with Gasteiger partial charge in [-0.3, -0.25) is 15.1 Å². The summed E-state index contributed by atoms with van der Waals surface area (Å²) in [6.07, 6.45) is 5.04. The van der Waals surface area contributed by atoms with E-state index in [1.54, 1.807) is 31.8 Å². The Morgan fingerprint density at radius 3 is 2.83 bits per heavy atom. The standard InChI is InChI=1S/C21H15FN6O/c1-29-15-8-13(10-23-11-15)17-9-18(28-27-17)21-25-16-5-6-24-19(20(16)26-21)12-3-2-4-14(22)7-12/h2-11H,1H3,(H,25,26)(H,27,28). The Kier molecular flexibility index (Phi) is 4.02. The minimum Gasteiger partial charge on any atom is -0.495 e. The quantitative estimate of drug-likeness (QED) is 0.482. The monoisotopic (exact) mass is 386 g/mol. The molecule has 5 rings (SSSR count). The Bertz CT molecular complexity index is 1330. The minimum atomic E-state index is -0.319. The van der Waals surface area contributed by atoms with Crippen LogP contribution in [0.15, 0.2) is 61.1 Å². The molecule has 0 bridgehead atoms. The molecular weight excluding hydrogens is 371 g/mol. The highest BCUT2D eigenvalue weighted by atomic mass is 19.1. The molecule has 8 heteroatoms. The maximum Gasteiger partial charge on any atom is 0.159 e. The van der Waals surface area contributed by atoms with Crippen molar-refractivity contribution in [2.45, 2.75) is 0 Å². The maximum absolute atomic E-state index is 13.7. The second-order valence-corrected chi connectivity index (χ2v) is 6.43. The van der Waals surface area contributed by atoms with Gasteiger partial charge in [-0.05, 0) is 30.3 Å². The molecule has 1 aromatic carbocycles. The molecular formula is C21H15FN6O. The third kappa shape index (κ3) is 3.10. The fourth-order valence-corrected chi connectivity index (χ4v) is 3.17. The van der Waals surface area contributed by atoms with Gasteiger partial charge in [0.25, 0.3) is 0 Å². The zero-order valence-corrected chi connectivity index (χ0v) is 15.3. The van der Waals surface area contributed by atoms with Gasteiger partial charge in [-0.2, -0.15) is 5.10 Å². The number of methoxy groups -OCH3 is 1. The van der Waals surface area contributed by atoms with Crippen LogP contribution in [0.5, 0.6) is 5.75 Å². The molecule has 0 spiro atoms. The smallest absolute Gasteiger partial charge is 0.159 e. The van der Waals surface area contributed by atoms with E-state index < -0.39 is 0 Å². The zero-order chi connectivity index (χ0) is 19.8. The predicted octanol–water partition coefficient (Wildman–Crippen LogP) is 4.22. The molecule has 0 aliphatic rings. The summed E-state index contributed by atoms with van der Waals surface area (Å²) in [6.45, 7) is 0. The van der Waals surface area contributed by atoms with Gasteiger partial charge in [0.2, 0.25) is 0 Å². The number of halogens is 1. The number of fused-ring (bicyclic) bond motifs is 1. The van der Waals surface area contributed by atoms with Crippen LogP contribution < -0.4 is 4.74 Å². The molecule has 0 radical (unpaired) electrons. The van der Waals surface area contributed by atoms with Crippen molar-refractivity contribution >= 4 is 11.0 Å². The van der Waals surface area contributed by atoms with Crippen molar-refractivity contribution in [3.63, 3.8) is 0 Å². The van der Waals surface area contributed by atoms with Gasteiger partial charge in [-0.15, -0.1) is 0 Å². The van der Waals surface area contributed by atoms with Crippen LogP contribution in [0.2, 0.25) is 0 Å². The van der Waals surface area contributed by atoms with Gasteiger partial charge in [0.15, 0.2) is 5.82 Å². The van der Waals surface area contributed by atoms with Gasteiger partial charge in [-0.25, -0.2) is 9.37 Å². The van der Waals surface area contributed by atoms with Crippen molar-refractivity contribution in [3.05, 3.63) is 66.9 Å². The second kappa shape index (κ2) is 6.83. The van der Waals surface area contributed by atoms with Crippen molar-refractivity contribution in [2.75, 3.05) is 7.11 Å². The van der Waals surface area contributed by atoms with Gasteiger partial charge in [0.1, 0.15) is 22.8 Å². The predicted molar refractivity (Wildman–Crippen MR) is 107 cm³/mol. The third-order valence-electron chi connectivity index (χ3n) is 4.58. The number of ether oxygens (including phenoxy) is 1. The van der Waals surface area contributed by atoms with Crippen LogP contribution in [0, 0.1) is 5.82 Å². The van der Waals surface area contributed by atoms with Gasteiger partial charge < -0.3 is 9.72 Å². The summed E-state index contributed by atoms with van der Waals surface area (Å²) in [4.78, 5) is 16.5. The second-order valence-electron chi connectivity index (χ2n) is 6.43. The van der Waals surface area contributed by atoms with Crippen molar-refractivity contribution in [3.8, 4) is 39.8 Å².